The number of halogens is 5. The van der Waals surface area contributed by atoms with Crippen LogP contribution in [0.4, 0.5) is 22.0 Å². The van der Waals surface area contributed by atoms with Crippen LogP contribution in [0.15, 0.2) is 5.11 Å². The number of amides is 1. The van der Waals surface area contributed by atoms with Gasteiger partial charge in [-0.25, -0.2) is 22.0 Å². The van der Waals surface area contributed by atoms with Crippen molar-refractivity contribution in [2.75, 3.05) is 13.1 Å². The maximum atomic E-state index is 13.2. The van der Waals surface area contributed by atoms with Crippen LogP contribution in [0.3, 0.4) is 0 Å². The van der Waals surface area contributed by atoms with Crippen LogP contribution in [0.2, 0.25) is 0 Å². The lowest BCUT2D eigenvalue weighted by Gasteiger charge is -2.08. The van der Waals surface area contributed by atoms with Gasteiger partial charge in [0.2, 0.25) is 5.82 Å². The highest BCUT2D eigenvalue weighted by atomic mass is 19.2. The Kier molecular flexibility index (Phi) is 5.27. The topological polar surface area (TPSA) is 77.9 Å². The summed E-state index contributed by atoms with van der Waals surface area (Å²) in [6.45, 7) is -0.148. The zero-order chi connectivity index (χ0) is 15.3. The maximum Gasteiger partial charge on any atom is 0.257 e. The number of azide groups is 1. The number of nitrogens with zero attached hydrogens (tertiary/aromatic N) is 3. The normalized spacial score (nSPS) is 10.1. The summed E-state index contributed by atoms with van der Waals surface area (Å²) in [5.74, 6) is -12.6. The molecule has 10 heteroatoms. The number of carbonyl (C=O) groups is 1. The fourth-order valence-corrected chi connectivity index (χ4v) is 1.29. The molecule has 0 aliphatic carbocycles. The standard InChI is InChI=1S/C10H7F5N4O/c11-5-4(6(12)8(14)9(15)7(5)13)10(20)17-2-1-3-18-19-16/h1-3H2,(H,17,20). The fourth-order valence-electron chi connectivity index (χ4n) is 1.29. The molecule has 1 aromatic carbocycles. The smallest absolute Gasteiger partial charge is 0.257 e. The third-order valence-electron chi connectivity index (χ3n) is 2.22. The summed E-state index contributed by atoms with van der Waals surface area (Å²) < 4.78 is 64.9. The van der Waals surface area contributed by atoms with E-state index < -0.39 is 40.6 Å². The third-order valence-corrected chi connectivity index (χ3v) is 2.22. The van der Waals surface area contributed by atoms with Gasteiger partial charge < -0.3 is 5.32 Å². The molecule has 0 fully saturated rings. The van der Waals surface area contributed by atoms with Gasteiger partial charge in [0.05, 0.1) is 0 Å². The van der Waals surface area contributed by atoms with Crippen LogP contribution < -0.4 is 5.32 Å². The summed E-state index contributed by atoms with van der Waals surface area (Å²) in [7, 11) is 0. The predicted molar refractivity (Wildman–Crippen MR) is 57.2 cm³/mol. The lowest BCUT2D eigenvalue weighted by molar-refractivity contribution is 0.0941. The van der Waals surface area contributed by atoms with Gasteiger partial charge in [0.15, 0.2) is 23.3 Å². The molecule has 0 aliphatic heterocycles. The number of rotatable bonds is 5. The van der Waals surface area contributed by atoms with Gasteiger partial charge in [-0.2, -0.15) is 0 Å². The molecule has 1 rings (SSSR count). The second-order valence-corrected chi connectivity index (χ2v) is 3.51. The largest absolute Gasteiger partial charge is 0.352 e. The van der Waals surface area contributed by atoms with Crippen molar-refractivity contribution in [3.63, 3.8) is 0 Å². The molecule has 0 saturated carbocycles. The lowest BCUT2D eigenvalue weighted by atomic mass is 10.1. The second kappa shape index (κ2) is 6.71. The van der Waals surface area contributed by atoms with Crippen molar-refractivity contribution in [1.29, 1.82) is 0 Å². The molecular weight excluding hydrogens is 287 g/mol. The Hall–Kier alpha value is -2.35. The van der Waals surface area contributed by atoms with E-state index in [2.05, 4.69) is 10.0 Å². The monoisotopic (exact) mass is 294 g/mol. The Morgan fingerprint density at radius 2 is 1.55 bits per heavy atom. The lowest BCUT2D eigenvalue weighted by Crippen LogP contribution is -2.28. The van der Waals surface area contributed by atoms with Crippen LogP contribution in [0, 0.1) is 29.1 Å². The molecule has 0 bridgehead atoms. The van der Waals surface area contributed by atoms with Gasteiger partial charge in [-0.05, 0) is 12.0 Å². The summed E-state index contributed by atoms with van der Waals surface area (Å²) in [5.41, 5.74) is 6.41. The Labute approximate surface area is 109 Å². The van der Waals surface area contributed by atoms with Crippen LogP contribution in [-0.4, -0.2) is 19.0 Å². The number of hydrogen-bond donors (Lipinski definition) is 1. The molecule has 0 aromatic heterocycles. The van der Waals surface area contributed by atoms with Gasteiger partial charge in [0, 0.05) is 18.0 Å². The van der Waals surface area contributed by atoms with Crippen LogP contribution in [0.5, 0.6) is 0 Å². The van der Waals surface area contributed by atoms with Crippen LogP contribution in [0.25, 0.3) is 10.4 Å². The molecule has 20 heavy (non-hydrogen) atoms. The third kappa shape index (κ3) is 3.15. The molecule has 1 aromatic rings. The highest BCUT2D eigenvalue weighted by molar-refractivity contribution is 5.94. The minimum absolute atomic E-state index is 0.00782. The Morgan fingerprint density at radius 3 is 2.05 bits per heavy atom. The summed E-state index contributed by atoms with van der Waals surface area (Å²) >= 11 is 0. The molecular formula is C10H7F5N4O. The first-order valence-corrected chi connectivity index (χ1v) is 5.22. The molecule has 0 aliphatic rings. The van der Waals surface area contributed by atoms with E-state index in [0.717, 1.165) is 0 Å². The molecule has 1 N–H and O–H groups in total. The van der Waals surface area contributed by atoms with Crippen molar-refractivity contribution in [3.05, 3.63) is 45.1 Å². The van der Waals surface area contributed by atoms with Gasteiger partial charge in [-0.15, -0.1) is 0 Å². The van der Waals surface area contributed by atoms with Crippen molar-refractivity contribution in [1.82, 2.24) is 5.32 Å². The average Bonchev–Trinajstić information content (AvgIpc) is 2.43. The van der Waals surface area contributed by atoms with Crippen LogP contribution in [0.1, 0.15) is 16.8 Å². The van der Waals surface area contributed by atoms with Crippen molar-refractivity contribution in [2.24, 2.45) is 5.11 Å². The quantitative estimate of drug-likeness (QED) is 0.169. The minimum Gasteiger partial charge on any atom is -0.352 e. The molecule has 0 saturated heterocycles. The predicted octanol–water partition coefficient (Wildman–Crippen LogP) is 2.81. The van der Waals surface area contributed by atoms with Crippen molar-refractivity contribution >= 4 is 5.91 Å². The zero-order valence-corrected chi connectivity index (χ0v) is 9.76. The number of carbonyl (C=O) groups excluding carboxylic acids is 1. The van der Waals surface area contributed by atoms with Gasteiger partial charge in [0.1, 0.15) is 5.56 Å². The summed E-state index contributed by atoms with van der Waals surface area (Å²) in [6.07, 6.45) is 0.144. The Morgan fingerprint density at radius 1 is 1.05 bits per heavy atom. The molecule has 0 radical (unpaired) electrons. The summed E-state index contributed by atoms with van der Waals surface area (Å²) in [5, 5.41) is 5.08. The van der Waals surface area contributed by atoms with Gasteiger partial charge >= 0.3 is 0 Å². The molecule has 5 nitrogen and oxygen atoms in total. The molecule has 0 atom stereocenters. The van der Waals surface area contributed by atoms with E-state index in [0.29, 0.717) is 0 Å². The summed E-state index contributed by atoms with van der Waals surface area (Å²) in [6, 6.07) is 0. The van der Waals surface area contributed by atoms with E-state index in [1.165, 1.54) is 0 Å². The zero-order valence-electron chi connectivity index (χ0n) is 9.76. The fraction of sp³-hybridized carbons (Fsp3) is 0.300. The second-order valence-electron chi connectivity index (χ2n) is 3.51. The minimum atomic E-state index is -2.33. The van der Waals surface area contributed by atoms with E-state index >= 15 is 0 Å². The van der Waals surface area contributed by atoms with Crippen LogP contribution in [-0.2, 0) is 0 Å². The van der Waals surface area contributed by atoms with Crippen molar-refractivity contribution < 1.29 is 26.7 Å². The Bertz CT molecular complexity index is 556. The molecule has 108 valence electrons. The van der Waals surface area contributed by atoms with Gasteiger partial charge in [-0.3, -0.25) is 4.79 Å². The van der Waals surface area contributed by atoms with Crippen molar-refractivity contribution in [3.8, 4) is 0 Å². The van der Waals surface area contributed by atoms with Crippen LogP contribution >= 0.6 is 0 Å². The van der Waals surface area contributed by atoms with Gasteiger partial charge in [-0.1, -0.05) is 5.11 Å². The van der Waals surface area contributed by atoms with Crippen molar-refractivity contribution in [2.45, 2.75) is 6.42 Å². The van der Waals surface area contributed by atoms with E-state index in [1.54, 1.807) is 0 Å². The SMILES string of the molecule is [N-]=[N+]=NCCCNC(=O)c1c(F)c(F)c(F)c(F)c1F. The molecule has 0 unspecified atom stereocenters. The maximum absolute atomic E-state index is 13.2. The van der Waals surface area contributed by atoms with E-state index in [9.17, 15) is 26.7 Å². The Balaban J connectivity index is 2.91. The first-order chi connectivity index (χ1) is 9.41. The molecule has 0 spiro atoms. The van der Waals surface area contributed by atoms with E-state index in [-0.39, 0.29) is 19.5 Å². The summed E-state index contributed by atoms with van der Waals surface area (Å²) in [4.78, 5) is 13.8. The van der Waals surface area contributed by atoms with E-state index in [1.807, 2.05) is 5.32 Å². The molecule has 0 heterocycles. The first kappa shape index (κ1) is 15.7. The highest BCUT2D eigenvalue weighted by Gasteiger charge is 2.29. The highest BCUT2D eigenvalue weighted by Crippen LogP contribution is 2.22. The van der Waals surface area contributed by atoms with Gasteiger partial charge in [0.25, 0.3) is 5.91 Å². The number of hydrogen-bond acceptors (Lipinski definition) is 2. The first-order valence-electron chi connectivity index (χ1n) is 5.22. The number of nitrogens with one attached hydrogen (secondary N) is 1. The number of benzene rings is 1. The average molecular weight is 294 g/mol. The van der Waals surface area contributed by atoms with E-state index in [4.69, 9.17) is 5.53 Å². The molecule has 1 amide bonds.